The molecule has 49 heavy (non-hydrogen) atoms. The van der Waals surface area contributed by atoms with Crippen LogP contribution in [0.15, 0.2) is 48.6 Å². The number of alkyl halides is 2. The van der Waals surface area contributed by atoms with Crippen molar-refractivity contribution in [3.8, 4) is 5.75 Å². The smallest absolute Gasteiger partial charge is 0.356 e. The molecule has 2 N–H and O–H groups in total. The second kappa shape index (κ2) is 12.9. The van der Waals surface area contributed by atoms with Crippen molar-refractivity contribution in [2.24, 2.45) is 17.8 Å². The predicted molar refractivity (Wildman–Crippen MR) is 190 cm³/mol. The third kappa shape index (κ3) is 6.24. The Labute approximate surface area is 293 Å². The molecule has 1 spiro atoms. The number of aliphatic hydroxyl groups is 1. The molecule has 1 unspecified atom stereocenters. The quantitative estimate of drug-likeness (QED) is 0.309. The molecule has 0 aromatic heterocycles. The molecule has 1 fully saturated rings. The van der Waals surface area contributed by atoms with Gasteiger partial charge in [0.25, 0.3) is 11.8 Å². The third-order valence-corrected chi connectivity index (χ3v) is 13.9. The second-order valence-corrected chi connectivity index (χ2v) is 17.6. The first kappa shape index (κ1) is 35.7. The summed E-state index contributed by atoms with van der Waals surface area (Å²) < 4.78 is 55.5. The van der Waals surface area contributed by atoms with Crippen LogP contribution in [0.1, 0.15) is 67.4 Å². The lowest BCUT2D eigenvalue weighted by Crippen LogP contribution is -2.64. The molecule has 2 aliphatic heterocycles. The highest BCUT2D eigenvalue weighted by atomic mass is 35.5. The number of halogens is 3. The fourth-order valence-corrected chi connectivity index (χ4v) is 9.83. The number of rotatable bonds is 2. The molecule has 1 saturated carbocycles. The highest BCUT2D eigenvalue weighted by molar-refractivity contribution is 7.99. The lowest BCUT2D eigenvalue weighted by atomic mass is 9.62. The van der Waals surface area contributed by atoms with Crippen LogP contribution in [0.2, 0.25) is 5.02 Å². The molecule has 6 rings (SSSR count). The largest absolute Gasteiger partial charge is 0.490 e. The van der Waals surface area contributed by atoms with Crippen LogP contribution in [-0.2, 0) is 26.3 Å². The third-order valence-electron chi connectivity index (χ3n) is 11.5. The van der Waals surface area contributed by atoms with E-state index < -0.39 is 55.5 Å². The number of benzene rings is 2. The van der Waals surface area contributed by atoms with Crippen LogP contribution in [0, 0.1) is 17.8 Å². The van der Waals surface area contributed by atoms with Crippen LogP contribution in [-0.4, -0.2) is 82.5 Å². The Morgan fingerprint density at radius 2 is 1.96 bits per heavy atom. The van der Waals surface area contributed by atoms with Gasteiger partial charge in [-0.2, -0.15) is 8.78 Å². The Balaban J connectivity index is 1.49. The number of ether oxygens (including phenoxy) is 1. The van der Waals surface area contributed by atoms with E-state index in [1.165, 1.54) is 20.2 Å². The van der Waals surface area contributed by atoms with Gasteiger partial charge in [0.05, 0.1) is 22.0 Å². The van der Waals surface area contributed by atoms with Crippen molar-refractivity contribution in [3.63, 3.8) is 0 Å². The van der Waals surface area contributed by atoms with Gasteiger partial charge in [-0.3, -0.25) is 14.3 Å². The van der Waals surface area contributed by atoms with Crippen molar-refractivity contribution < 1.29 is 32.4 Å². The summed E-state index contributed by atoms with van der Waals surface area (Å²) in [5, 5.41) is 12.1. The predicted octanol–water partition coefficient (Wildman–Crippen LogP) is 5.64. The van der Waals surface area contributed by atoms with E-state index in [4.69, 9.17) is 16.3 Å². The highest BCUT2D eigenvalue weighted by Crippen LogP contribution is 2.52. The number of fused-ring (bicyclic) bond motifs is 4. The number of hydrogen-bond acceptors (Lipinski definition) is 6. The van der Waals surface area contributed by atoms with E-state index in [9.17, 15) is 18.9 Å². The molecule has 2 aromatic carbocycles. The van der Waals surface area contributed by atoms with Crippen molar-refractivity contribution in [2.75, 3.05) is 38.7 Å². The van der Waals surface area contributed by atoms with Crippen LogP contribution in [0.4, 0.5) is 14.5 Å². The maximum atomic E-state index is 16.3. The number of carbonyl (C=O) groups excluding carboxylic acids is 2. The number of nitrogens with one attached hydrogen (secondary N) is 1. The first-order valence-electron chi connectivity index (χ1n) is 17.0. The van der Waals surface area contributed by atoms with E-state index in [2.05, 4.69) is 15.5 Å². The molecule has 2 bridgehead atoms. The summed E-state index contributed by atoms with van der Waals surface area (Å²) in [4.78, 5) is 29.5. The Morgan fingerprint density at radius 1 is 1.20 bits per heavy atom. The summed E-state index contributed by atoms with van der Waals surface area (Å²) in [5.74, 6) is -3.43. The van der Waals surface area contributed by atoms with Gasteiger partial charge in [-0.1, -0.05) is 36.7 Å². The molecule has 2 aromatic rings. The normalized spacial score (nSPS) is 34.0. The first-order chi connectivity index (χ1) is 23.0. The Bertz CT molecular complexity index is 1780. The molecule has 8 nitrogen and oxygen atoms in total. The molecule has 0 saturated heterocycles. The minimum absolute atomic E-state index is 0.170. The highest BCUT2D eigenvalue weighted by Gasteiger charge is 2.64. The summed E-state index contributed by atoms with van der Waals surface area (Å²) in [6.07, 6.45) is 6.16. The van der Waals surface area contributed by atoms with Crippen LogP contribution in [0.5, 0.6) is 5.75 Å². The van der Waals surface area contributed by atoms with Gasteiger partial charge in [-0.05, 0) is 105 Å². The first-order valence-corrected chi connectivity index (χ1v) is 19.1. The van der Waals surface area contributed by atoms with Crippen molar-refractivity contribution >= 4 is 44.7 Å². The van der Waals surface area contributed by atoms with E-state index in [1.54, 1.807) is 32.0 Å². The van der Waals surface area contributed by atoms with Crippen LogP contribution < -0.4 is 14.4 Å². The summed E-state index contributed by atoms with van der Waals surface area (Å²) >= 11 is 6.40. The minimum Gasteiger partial charge on any atom is -0.490 e. The number of nitrogens with zero attached hydrogens (tertiary/aromatic N) is 2. The Morgan fingerprint density at radius 3 is 2.65 bits per heavy atom. The number of aryl methyl sites for hydroxylation is 1. The summed E-state index contributed by atoms with van der Waals surface area (Å²) in [7, 11) is -0.687. The zero-order valence-electron chi connectivity index (χ0n) is 28.5. The van der Waals surface area contributed by atoms with Crippen LogP contribution in [0.25, 0.3) is 0 Å². The van der Waals surface area contributed by atoms with Crippen LogP contribution >= 0.6 is 11.6 Å². The zero-order valence-corrected chi connectivity index (χ0v) is 30.1. The monoisotopic (exact) mass is 717 g/mol. The molecule has 0 radical (unpaired) electrons. The fourth-order valence-electron chi connectivity index (χ4n) is 8.16. The molecule has 2 aliphatic carbocycles. The SMILES string of the molecule is C=S1(=O)NC(=O)c2ccc3c(c2)N(C[C@@H]2CC[C@H]2[C@](O)(C(F)(F)C(=O)N(C)C)/C=C/C[C@H](C)[C@H]1C)C[C@@]1(CCCc2cc(Cl)ccc21)CO3. The number of amides is 2. The summed E-state index contributed by atoms with van der Waals surface area (Å²) in [6, 6.07) is 11.0. The van der Waals surface area contributed by atoms with Gasteiger partial charge in [0.1, 0.15) is 5.75 Å². The maximum Gasteiger partial charge on any atom is 0.356 e. The van der Waals surface area contributed by atoms with Crippen molar-refractivity contribution in [1.29, 1.82) is 0 Å². The lowest BCUT2D eigenvalue weighted by Gasteiger charge is -2.50. The Kier molecular flexibility index (Phi) is 9.37. The van der Waals surface area contributed by atoms with E-state index >= 15 is 8.78 Å². The molecule has 2 heterocycles. The van der Waals surface area contributed by atoms with E-state index in [1.807, 2.05) is 18.2 Å². The number of allylic oxidation sites excluding steroid dienone is 1. The van der Waals surface area contributed by atoms with Gasteiger partial charge in [0.2, 0.25) is 0 Å². The number of carbonyl (C=O) groups is 2. The molecule has 2 amide bonds. The fraction of sp³-hybridized carbons (Fsp3) is 0.541. The van der Waals surface area contributed by atoms with E-state index in [-0.39, 0.29) is 24.4 Å². The second-order valence-electron chi connectivity index (χ2n) is 14.8. The van der Waals surface area contributed by atoms with Crippen LogP contribution in [0.3, 0.4) is 0 Å². The average molecular weight is 718 g/mol. The number of anilines is 1. The minimum atomic E-state index is -4.11. The van der Waals surface area contributed by atoms with Crippen molar-refractivity contribution in [2.45, 2.75) is 74.6 Å². The molecule has 12 heteroatoms. The van der Waals surface area contributed by atoms with Gasteiger partial charge in [0.15, 0.2) is 5.60 Å². The van der Waals surface area contributed by atoms with E-state index in [0.717, 1.165) is 41.4 Å². The summed E-state index contributed by atoms with van der Waals surface area (Å²) in [6.45, 7) is 4.57. The van der Waals surface area contributed by atoms with Gasteiger partial charge < -0.3 is 19.6 Å². The van der Waals surface area contributed by atoms with Crippen molar-refractivity contribution in [3.05, 3.63) is 70.3 Å². The molecule has 266 valence electrons. The van der Waals surface area contributed by atoms with Gasteiger partial charge in [-0.25, -0.2) is 4.21 Å². The van der Waals surface area contributed by atoms with Crippen molar-refractivity contribution in [1.82, 2.24) is 9.62 Å². The van der Waals surface area contributed by atoms with Gasteiger partial charge in [-0.15, -0.1) is 0 Å². The number of hydrogen-bond donors (Lipinski definition) is 2. The summed E-state index contributed by atoms with van der Waals surface area (Å²) in [5.41, 5.74) is -0.0971. The Hall–Kier alpha value is -3.15. The molecule has 7 atom stereocenters. The van der Waals surface area contributed by atoms with Gasteiger partial charge in [0, 0.05) is 54.4 Å². The standard InChI is InChI=1S/C37H46ClF2N3O5S/c1-23-8-6-17-36(46,37(39,40)34(45)42(3)4)30-13-10-27(30)20-43-21-35(16-7-9-25-18-28(38)12-14-29(25)35)22-48-32-15-11-26(19-31(32)43)33(44)41-49(5,47)24(23)2/h6,11-12,14-15,17-19,23-24,27,30,46H,5,7-10,13,16,20-22H2,1-4H3,(H,41,44,47)/b17-6+/t23-,24+,27-,30+,35-,36-,49?/m0/s1. The molecule has 4 aliphatic rings. The molecular weight excluding hydrogens is 672 g/mol. The average Bonchev–Trinajstić information content (AvgIpc) is 3.18. The lowest BCUT2D eigenvalue weighted by molar-refractivity contribution is -0.213. The van der Waals surface area contributed by atoms with E-state index in [0.29, 0.717) is 42.5 Å². The maximum absolute atomic E-state index is 16.3. The molecular formula is C37H46ClF2N3O5S. The zero-order chi connectivity index (χ0) is 35.5. The van der Waals surface area contributed by atoms with Gasteiger partial charge >= 0.3 is 5.92 Å². The topological polar surface area (TPSA) is 99.2 Å².